The molecule has 1 aromatic carbocycles. The molecule has 0 aliphatic heterocycles. The van der Waals surface area contributed by atoms with Gasteiger partial charge in [-0.3, -0.25) is 0 Å². The molecule has 1 heterocycles. The Bertz CT molecular complexity index is 575. The molecule has 0 unspecified atom stereocenters. The van der Waals surface area contributed by atoms with Crippen LogP contribution in [0.1, 0.15) is 29.8 Å². The quantitative estimate of drug-likeness (QED) is 0.717. The van der Waals surface area contributed by atoms with E-state index in [0.29, 0.717) is 0 Å². The van der Waals surface area contributed by atoms with Crippen LogP contribution in [0.25, 0.3) is 5.69 Å². The lowest BCUT2D eigenvalue weighted by molar-refractivity contribution is 0.655. The van der Waals surface area contributed by atoms with Gasteiger partial charge in [0.25, 0.3) is 0 Å². The number of hydrogen-bond donors (Lipinski definition) is 0. The van der Waals surface area contributed by atoms with Crippen LogP contribution in [-0.2, 0) is 18.2 Å². The fourth-order valence-corrected chi connectivity index (χ4v) is 3.47. The molecule has 0 spiro atoms. The average Bonchev–Trinajstić information content (AvgIpc) is 2.82. The largest absolute Gasteiger partial charge is 0.302 e. The summed E-state index contributed by atoms with van der Waals surface area (Å²) in [6.07, 6.45) is 6.77. The van der Waals surface area contributed by atoms with Gasteiger partial charge in [0.2, 0.25) is 0 Å². The van der Waals surface area contributed by atoms with Gasteiger partial charge in [0.05, 0.1) is 17.7 Å². The Hall–Kier alpha value is -0.610. The van der Waals surface area contributed by atoms with Crippen LogP contribution in [0.15, 0.2) is 29.0 Å². The third-order valence-corrected chi connectivity index (χ3v) is 4.74. The van der Waals surface area contributed by atoms with Crippen molar-refractivity contribution in [2.75, 3.05) is 0 Å². The summed E-state index contributed by atoms with van der Waals surface area (Å²) in [6, 6.07) is 6.49. The standard InChI is InChI=1S/C14H14Br2N2/c15-8-10-5-6-13(11(16)7-10)18-9-17-12-3-1-2-4-14(12)18/h5-7,9H,1-4,8H2. The summed E-state index contributed by atoms with van der Waals surface area (Å²) < 4.78 is 3.36. The van der Waals surface area contributed by atoms with E-state index < -0.39 is 0 Å². The molecule has 3 rings (SSSR count). The average molecular weight is 370 g/mol. The van der Waals surface area contributed by atoms with Crippen molar-refractivity contribution >= 4 is 31.9 Å². The smallest absolute Gasteiger partial charge is 0.0998 e. The molecule has 0 amide bonds. The second-order valence-corrected chi connectivity index (χ2v) is 6.05. The minimum atomic E-state index is 0.883. The van der Waals surface area contributed by atoms with Crippen LogP contribution in [0.3, 0.4) is 0 Å². The normalized spacial score (nSPS) is 14.6. The molecule has 0 saturated carbocycles. The molecule has 1 aromatic heterocycles. The number of hydrogen-bond acceptors (Lipinski definition) is 1. The fraction of sp³-hybridized carbons (Fsp3) is 0.357. The van der Waals surface area contributed by atoms with E-state index in [1.54, 1.807) is 0 Å². The van der Waals surface area contributed by atoms with Crippen molar-refractivity contribution in [3.05, 3.63) is 46.0 Å². The lowest BCUT2D eigenvalue weighted by Gasteiger charge is -2.15. The van der Waals surface area contributed by atoms with Crippen LogP contribution in [-0.4, -0.2) is 9.55 Å². The van der Waals surface area contributed by atoms with Crippen molar-refractivity contribution in [2.24, 2.45) is 0 Å². The molecule has 0 fully saturated rings. The maximum Gasteiger partial charge on any atom is 0.0998 e. The molecule has 94 valence electrons. The number of fused-ring (bicyclic) bond motifs is 1. The van der Waals surface area contributed by atoms with Gasteiger partial charge < -0.3 is 4.57 Å². The van der Waals surface area contributed by atoms with E-state index in [4.69, 9.17) is 0 Å². The number of nitrogens with zero attached hydrogens (tertiary/aromatic N) is 2. The molecule has 0 N–H and O–H groups in total. The van der Waals surface area contributed by atoms with Gasteiger partial charge in [-0.15, -0.1) is 0 Å². The minimum absolute atomic E-state index is 0.883. The van der Waals surface area contributed by atoms with Crippen molar-refractivity contribution in [2.45, 2.75) is 31.0 Å². The molecule has 2 nitrogen and oxygen atoms in total. The van der Waals surface area contributed by atoms with Crippen LogP contribution >= 0.6 is 31.9 Å². The lowest BCUT2D eigenvalue weighted by atomic mass is 10.0. The monoisotopic (exact) mass is 368 g/mol. The number of alkyl halides is 1. The van der Waals surface area contributed by atoms with E-state index in [1.807, 2.05) is 6.33 Å². The summed E-state index contributed by atoms with van der Waals surface area (Å²) in [7, 11) is 0. The SMILES string of the molecule is BrCc1ccc(-n2cnc3c2CCCC3)c(Br)c1. The summed E-state index contributed by atoms with van der Waals surface area (Å²) in [5.41, 5.74) is 5.13. The zero-order valence-corrected chi connectivity index (χ0v) is 13.2. The van der Waals surface area contributed by atoms with Gasteiger partial charge in [0, 0.05) is 15.5 Å². The summed E-state index contributed by atoms with van der Waals surface area (Å²) in [5, 5.41) is 0.883. The second kappa shape index (κ2) is 5.17. The molecule has 2 aromatic rings. The lowest BCUT2D eigenvalue weighted by Crippen LogP contribution is -2.07. The van der Waals surface area contributed by atoms with Crippen LogP contribution < -0.4 is 0 Å². The number of halogens is 2. The topological polar surface area (TPSA) is 17.8 Å². The van der Waals surface area contributed by atoms with Gasteiger partial charge >= 0.3 is 0 Å². The first-order chi connectivity index (χ1) is 8.79. The molecule has 18 heavy (non-hydrogen) atoms. The Balaban J connectivity index is 2.07. The highest BCUT2D eigenvalue weighted by molar-refractivity contribution is 9.10. The van der Waals surface area contributed by atoms with Crippen molar-refractivity contribution in [3.63, 3.8) is 0 Å². The molecular formula is C14H14Br2N2. The highest BCUT2D eigenvalue weighted by Gasteiger charge is 2.17. The Morgan fingerprint density at radius 2 is 2.06 bits per heavy atom. The third kappa shape index (κ3) is 2.16. The van der Waals surface area contributed by atoms with Crippen molar-refractivity contribution in [1.29, 1.82) is 0 Å². The van der Waals surface area contributed by atoms with Crippen molar-refractivity contribution in [3.8, 4) is 5.69 Å². The number of aryl methyl sites for hydroxylation is 1. The van der Waals surface area contributed by atoms with E-state index in [1.165, 1.54) is 35.5 Å². The van der Waals surface area contributed by atoms with Gasteiger partial charge in [-0.2, -0.15) is 0 Å². The van der Waals surface area contributed by atoms with E-state index in [0.717, 1.165) is 22.6 Å². The Morgan fingerprint density at radius 3 is 2.83 bits per heavy atom. The van der Waals surface area contributed by atoms with Gasteiger partial charge in [0.1, 0.15) is 0 Å². The predicted molar refractivity (Wildman–Crippen MR) is 80.5 cm³/mol. The summed E-state index contributed by atoms with van der Waals surface area (Å²) in [4.78, 5) is 4.55. The molecule has 1 aliphatic carbocycles. The van der Waals surface area contributed by atoms with Crippen LogP contribution in [0.4, 0.5) is 0 Å². The molecule has 0 atom stereocenters. The highest BCUT2D eigenvalue weighted by atomic mass is 79.9. The van der Waals surface area contributed by atoms with E-state index >= 15 is 0 Å². The first-order valence-electron chi connectivity index (χ1n) is 6.19. The molecule has 0 radical (unpaired) electrons. The van der Waals surface area contributed by atoms with E-state index in [-0.39, 0.29) is 0 Å². The predicted octanol–water partition coefficient (Wildman–Crippen LogP) is 4.41. The first-order valence-corrected chi connectivity index (χ1v) is 8.11. The zero-order valence-electron chi connectivity index (χ0n) is 10.00. The Kier molecular flexibility index (Phi) is 3.57. The minimum Gasteiger partial charge on any atom is -0.302 e. The summed E-state index contributed by atoms with van der Waals surface area (Å²) in [5.74, 6) is 0. The highest BCUT2D eigenvalue weighted by Crippen LogP contribution is 2.28. The van der Waals surface area contributed by atoms with Crippen LogP contribution in [0, 0.1) is 0 Å². The molecule has 0 saturated heterocycles. The van der Waals surface area contributed by atoms with E-state index in [2.05, 4.69) is 59.6 Å². The van der Waals surface area contributed by atoms with Crippen molar-refractivity contribution in [1.82, 2.24) is 9.55 Å². The number of benzene rings is 1. The third-order valence-electron chi connectivity index (χ3n) is 3.46. The van der Waals surface area contributed by atoms with Gasteiger partial charge in [-0.25, -0.2) is 4.98 Å². The van der Waals surface area contributed by atoms with Gasteiger partial charge in [-0.1, -0.05) is 22.0 Å². The number of aromatic nitrogens is 2. The van der Waals surface area contributed by atoms with Crippen LogP contribution in [0.5, 0.6) is 0 Å². The van der Waals surface area contributed by atoms with Crippen LogP contribution in [0.2, 0.25) is 0 Å². The number of imidazole rings is 1. The molecule has 0 bridgehead atoms. The molecule has 1 aliphatic rings. The number of rotatable bonds is 2. The maximum atomic E-state index is 4.55. The fourth-order valence-electron chi connectivity index (χ4n) is 2.51. The first kappa shape index (κ1) is 12.4. The zero-order chi connectivity index (χ0) is 12.5. The summed E-state index contributed by atoms with van der Waals surface area (Å²) in [6.45, 7) is 0. The summed E-state index contributed by atoms with van der Waals surface area (Å²) >= 11 is 7.15. The molecular weight excluding hydrogens is 356 g/mol. The Labute approximate surface area is 124 Å². The van der Waals surface area contributed by atoms with Gasteiger partial charge in [-0.05, 0) is 59.3 Å². The Morgan fingerprint density at radius 1 is 1.22 bits per heavy atom. The van der Waals surface area contributed by atoms with E-state index in [9.17, 15) is 0 Å². The second-order valence-electron chi connectivity index (χ2n) is 4.63. The van der Waals surface area contributed by atoms with Crippen molar-refractivity contribution < 1.29 is 0 Å². The van der Waals surface area contributed by atoms with Gasteiger partial charge in [0.15, 0.2) is 0 Å². The maximum absolute atomic E-state index is 4.55. The molecule has 4 heteroatoms.